The van der Waals surface area contributed by atoms with Gasteiger partial charge in [0.05, 0.1) is 19.8 Å². The average molecular weight is 321 g/mol. The van der Waals surface area contributed by atoms with Gasteiger partial charge in [0.1, 0.15) is 6.54 Å². The lowest BCUT2D eigenvalue weighted by Crippen LogP contribution is -3.16. The Bertz CT molecular complexity index is 545. The van der Waals surface area contributed by atoms with Gasteiger partial charge in [0.15, 0.2) is 17.5 Å². The number of nitrogens with one attached hydrogen (secondary N) is 2. The summed E-state index contributed by atoms with van der Waals surface area (Å²) in [7, 11) is 0. The van der Waals surface area contributed by atoms with E-state index in [-0.39, 0.29) is 11.9 Å². The Hall–Kier alpha value is -1.75. The summed E-state index contributed by atoms with van der Waals surface area (Å²) < 4.78 is 11.4. The zero-order chi connectivity index (χ0) is 16.8. The van der Waals surface area contributed by atoms with Gasteiger partial charge in [-0.1, -0.05) is 0 Å². The first-order valence-electron chi connectivity index (χ1n) is 8.64. The standard InChI is InChI=1S/C18H28N2O3/c1-5-19-18(21)13(4)20-9-8-14-10-16(22-6-2)17(23-7-3)11-15(14)12-20/h10-11,13H,5-9,12H2,1-4H3,(H,19,21)/p+1/t13-/m0/s1. The van der Waals surface area contributed by atoms with Crippen LogP contribution in [0.15, 0.2) is 12.1 Å². The minimum Gasteiger partial charge on any atom is -0.490 e. The summed E-state index contributed by atoms with van der Waals surface area (Å²) in [5.74, 6) is 1.76. The van der Waals surface area contributed by atoms with Crippen molar-refractivity contribution in [3.63, 3.8) is 0 Å². The molecule has 2 atom stereocenters. The summed E-state index contributed by atoms with van der Waals surface area (Å²) in [5, 5.41) is 2.92. The summed E-state index contributed by atoms with van der Waals surface area (Å²) in [6.07, 6.45) is 0.959. The topological polar surface area (TPSA) is 52.0 Å². The van der Waals surface area contributed by atoms with E-state index < -0.39 is 0 Å². The molecule has 0 bridgehead atoms. The van der Waals surface area contributed by atoms with E-state index in [0.29, 0.717) is 19.8 Å². The van der Waals surface area contributed by atoms with E-state index in [1.165, 1.54) is 16.0 Å². The van der Waals surface area contributed by atoms with Crippen LogP contribution in [0.25, 0.3) is 0 Å². The number of ether oxygens (including phenoxy) is 2. The molecule has 2 N–H and O–H groups in total. The highest BCUT2D eigenvalue weighted by molar-refractivity contribution is 5.79. The smallest absolute Gasteiger partial charge is 0.278 e. The van der Waals surface area contributed by atoms with Crippen molar-refractivity contribution < 1.29 is 19.2 Å². The summed E-state index contributed by atoms with van der Waals surface area (Å²) in [6, 6.07) is 4.16. The highest BCUT2D eigenvalue weighted by atomic mass is 16.5. The van der Waals surface area contributed by atoms with Crippen molar-refractivity contribution in [3.05, 3.63) is 23.3 Å². The molecular weight excluding hydrogens is 292 g/mol. The Morgan fingerprint density at radius 2 is 1.78 bits per heavy atom. The highest BCUT2D eigenvalue weighted by Gasteiger charge is 2.29. The first-order chi connectivity index (χ1) is 11.1. The Kier molecular flexibility index (Phi) is 6.28. The van der Waals surface area contributed by atoms with Gasteiger partial charge in [-0.25, -0.2) is 0 Å². The number of likely N-dealkylation sites (N-methyl/N-ethyl adjacent to an activating group) is 1. The molecule has 5 heteroatoms. The SMILES string of the molecule is CCNC(=O)[C@H](C)[NH+]1CCc2cc(OCC)c(OCC)cc2C1. The van der Waals surface area contributed by atoms with Gasteiger partial charge >= 0.3 is 0 Å². The first kappa shape index (κ1) is 17.6. The minimum absolute atomic E-state index is 0.0368. The third-order valence-corrected chi connectivity index (χ3v) is 4.36. The van der Waals surface area contributed by atoms with Crippen LogP contribution < -0.4 is 19.7 Å². The molecule has 2 rings (SSSR count). The molecule has 1 unspecified atom stereocenters. The molecule has 23 heavy (non-hydrogen) atoms. The molecule has 1 aromatic carbocycles. The third-order valence-electron chi connectivity index (χ3n) is 4.36. The zero-order valence-corrected chi connectivity index (χ0v) is 14.7. The maximum Gasteiger partial charge on any atom is 0.278 e. The van der Waals surface area contributed by atoms with Crippen LogP contribution in [0.3, 0.4) is 0 Å². The number of hydrogen-bond acceptors (Lipinski definition) is 3. The number of quaternary nitrogens is 1. The summed E-state index contributed by atoms with van der Waals surface area (Å²) >= 11 is 0. The first-order valence-corrected chi connectivity index (χ1v) is 8.64. The lowest BCUT2D eigenvalue weighted by Gasteiger charge is -2.30. The van der Waals surface area contributed by atoms with Crippen molar-refractivity contribution in [1.29, 1.82) is 0 Å². The molecule has 1 heterocycles. The molecule has 0 fully saturated rings. The van der Waals surface area contributed by atoms with E-state index >= 15 is 0 Å². The number of fused-ring (bicyclic) bond motifs is 1. The van der Waals surface area contributed by atoms with Crippen molar-refractivity contribution in [2.45, 2.75) is 46.7 Å². The van der Waals surface area contributed by atoms with Gasteiger partial charge < -0.3 is 19.7 Å². The van der Waals surface area contributed by atoms with E-state index in [4.69, 9.17) is 9.47 Å². The van der Waals surface area contributed by atoms with Crippen LogP contribution in [-0.2, 0) is 17.8 Å². The molecule has 0 saturated heterocycles. The van der Waals surface area contributed by atoms with Crippen molar-refractivity contribution in [2.75, 3.05) is 26.3 Å². The predicted molar refractivity (Wildman–Crippen MR) is 90.2 cm³/mol. The van der Waals surface area contributed by atoms with E-state index in [2.05, 4.69) is 17.4 Å². The second kappa shape index (κ2) is 8.20. The average Bonchev–Trinajstić information content (AvgIpc) is 2.55. The Labute approximate surface area is 139 Å². The molecule has 1 aromatic rings. The second-order valence-corrected chi connectivity index (χ2v) is 5.88. The number of rotatable bonds is 7. The molecule has 0 aromatic heterocycles. The van der Waals surface area contributed by atoms with E-state index in [1.807, 2.05) is 27.7 Å². The normalized spacial score (nSPS) is 18.0. The van der Waals surface area contributed by atoms with Gasteiger partial charge in [0.25, 0.3) is 5.91 Å². The quantitative estimate of drug-likeness (QED) is 0.786. The van der Waals surface area contributed by atoms with Crippen LogP contribution in [0.1, 0.15) is 38.8 Å². The lowest BCUT2D eigenvalue weighted by molar-refractivity contribution is -0.929. The molecule has 0 aliphatic carbocycles. The molecule has 128 valence electrons. The Morgan fingerprint density at radius 1 is 1.17 bits per heavy atom. The molecule has 1 amide bonds. The highest BCUT2D eigenvalue weighted by Crippen LogP contribution is 2.32. The van der Waals surface area contributed by atoms with E-state index in [0.717, 1.165) is 31.0 Å². The Balaban J connectivity index is 2.19. The maximum absolute atomic E-state index is 12.1. The van der Waals surface area contributed by atoms with Crippen LogP contribution in [0.2, 0.25) is 0 Å². The number of carbonyl (C=O) groups excluding carboxylic acids is 1. The zero-order valence-electron chi connectivity index (χ0n) is 14.7. The number of carbonyl (C=O) groups is 1. The van der Waals surface area contributed by atoms with Gasteiger partial charge in [0.2, 0.25) is 0 Å². The fraction of sp³-hybridized carbons (Fsp3) is 0.611. The Morgan fingerprint density at radius 3 is 2.35 bits per heavy atom. The van der Waals surface area contributed by atoms with Crippen LogP contribution in [0.4, 0.5) is 0 Å². The largest absolute Gasteiger partial charge is 0.490 e. The summed E-state index contributed by atoms with van der Waals surface area (Å²) in [5.41, 5.74) is 2.57. The molecule has 1 aliphatic rings. The van der Waals surface area contributed by atoms with Crippen molar-refractivity contribution in [2.24, 2.45) is 0 Å². The predicted octanol–water partition coefficient (Wildman–Crippen LogP) is 0.950. The molecule has 0 saturated carbocycles. The molecule has 1 aliphatic heterocycles. The lowest BCUT2D eigenvalue weighted by atomic mass is 9.97. The summed E-state index contributed by atoms with van der Waals surface area (Å²) in [4.78, 5) is 13.4. The van der Waals surface area contributed by atoms with Gasteiger partial charge in [-0.15, -0.1) is 0 Å². The van der Waals surface area contributed by atoms with Crippen molar-refractivity contribution in [1.82, 2.24) is 5.32 Å². The molecular formula is C18H29N2O3+. The minimum atomic E-state index is -0.0368. The van der Waals surface area contributed by atoms with Crippen LogP contribution in [0, 0.1) is 0 Å². The summed E-state index contributed by atoms with van der Waals surface area (Å²) in [6.45, 7) is 11.6. The maximum atomic E-state index is 12.1. The molecule has 5 nitrogen and oxygen atoms in total. The number of hydrogen-bond donors (Lipinski definition) is 2. The fourth-order valence-corrected chi connectivity index (χ4v) is 3.09. The van der Waals surface area contributed by atoms with Gasteiger partial charge in [-0.05, 0) is 45.4 Å². The fourth-order valence-electron chi connectivity index (χ4n) is 3.09. The van der Waals surface area contributed by atoms with Crippen LogP contribution >= 0.6 is 0 Å². The van der Waals surface area contributed by atoms with Crippen LogP contribution in [-0.4, -0.2) is 38.3 Å². The van der Waals surface area contributed by atoms with Gasteiger partial charge in [0, 0.05) is 18.5 Å². The van der Waals surface area contributed by atoms with Crippen LogP contribution in [0.5, 0.6) is 11.5 Å². The molecule has 0 spiro atoms. The second-order valence-electron chi connectivity index (χ2n) is 5.88. The van der Waals surface area contributed by atoms with E-state index in [1.54, 1.807) is 0 Å². The van der Waals surface area contributed by atoms with Crippen molar-refractivity contribution in [3.8, 4) is 11.5 Å². The molecule has 0 radical (unpaired) electrons. The third kappa shape index (κ3) is 4.16. The number of amides is 1. The van der Waals surface area contributed by atoms with Gasteiger partial charge in [-0.3, -0.25) is 4.79 Å². The monoisotopic (exact) mass is 321 g/mol. The number of benzene rings is 1. The van der Waals surface area contributed by atoms with Gasteiger partial charge in [-0.2, -0.15) is 0 Å². The van der Waals surface area contributed by atoms with E-state index in [9.17, 15) is 4.79 Å². The van der Waals surface area contributed by atoms with Crippen molar-refractivity contribution >= 4 is 5.91 Å².